The Kier molecular flexibility index (Phi) is 13.2. The van der Waals surface area contributed by atoms with Gasteiger partial charge in [0, 0.05) is 26.9 Å². The highest BCUT2D eigenvalue weighted by molar-refractivity contribution is 14.0. The molecule has 0 saturated carbocycles. The number of methoxy groups -OCH3 is 1. The second-order valence-corrected chi connectivity index (χ2v) is 7.92. The van der Waals surface area contributed by atoms with Gasteiger partial charge in [-0.15, -0.1) is 24.0 Å². The maximum Gasteiger partial charge on any atom is 0.193 e. The van der Waals surface area contributed by atoms with Gasteiger partial charge >= 0.3 is 0 Å². The minimum Gasteiger partial charge on any atom is -0.497 e. The summed E-state index contributed by atoms with van der Waals surface area (Å²) >= 11 is 0. The van der Waals surface area contributed by atoms with Crippen LogP contribution in [0.25, 0.3) is 0 Å². The van der Waals surface area contributed by atoms with Crippen molar-refractivity contribution in [3.8, 4) is 11.5 Å². The molecule has 0 aliphatic rings. The maximum atomic E-state index is 11.0. The zero-order chi connectivity index (χ0) is 19.4. The van der Waals surface area contributed by atoms with Gasteiger partial charge in [-0.25, -0.2) is 8.42 Å². The number of ether oxygens (including phenoxy) is 3. The normalized spacial score (nSPS) is 11.5. The molecule has 8 nitrogen and oxygen atoms in total. The van der Waals surface area contributed by atoms with Crippen molar-refractivity contribution in [3.63, 3.8) is 0 Å². The Morgan fingerprint density at radius 3 is 2.33 bits per heavy atom. The Morgan fingerprint density at radius 2 is 1.78 bits per heavy atom. The van der Waals surface area contributed by atoms with Gasteiger partial charge < -0.3 is 24.4 Å². The maximum absolute atomic E-state index is 11.0. The summed E-state index contributed by atoms with van der Waals surface area (Å²) in [4.78, 5) is 6.15. The molecule has 0 aliphatic heterocycles. The van der Waals surface area contributed by atoms with Gasteiger partial charge in [0.25, 0.3) is 0 Å². The second kappa shape index (κ2) is 13.8. The average molecular weight is 515 g/mol. The van der Waals surface area contributed by atoms with E-state index >= 15 is 0 Å². The van der Waals surface area contributed by atoms with Gasteiger partial charge in [-0.05, 0) is 24.3 Å². The zero-order valence-corrected chi connectivity index (χ0v) is 19.5. The van der Waals surface area contributed by atoms with Crippen molar-refractivity contribution in [1.82, 2.24) is 10.2 Å². The zero-order valence-electron chi connectivity index (χ0n) is 16.3. The summed E-state index contributed by atoms with van der Waals surface area (Å²) in [6.45, 7) is 2.31. The van der Waals surface area contributed by atoms with Crippen molar-refractivity contribution in [2.75, 3.05) is 66.1 Å². The molecule has 0 aromatic heterocycles. The van der Waals surface area contributed by atoms with Gasteiger partial charge in [-0.2, -0.15) is 0 Å². The first-order chi connectivity index (χ1) is 12.4. The van der Waals surface area contributed by atoms with Gasteiger partial charge in [-0.3, -0.25) is 4.99 Å². The predicted molar refractivity (Wildman–Crippen MR) is 118 cm³/mol. The molecule has 10 heteroatoms. The average Bonchev–Trinajstić information content (AvgIpc) is 2.60. The highest BCUT2D eigenvalue weighted by Crippen LogP contribution is 2.16. The summed E-state index contributed by atoms with van der Waals surface area (Å²) in [5.41, 5.74) is 0. The van der Waals surface area contributed by atoms with E-state index < -0.39 is 9.84 Å². The number of sulfone groups is 1. The van der Waals surface area contributed by atoms with Gasteiger partial charge in [-0.1, -0.05) is 0 Å². The smallest absolute Gasteiger partial charge is 0.193 e. The first-order valence-corrected chi connectivity index (χ1v) is 10.4. The number of halogens is 1. The van der Waals surface area contributed by atoms with Gasteiger partial charge in [0.2, 0.25) is 0 Å². The monoisotopic (exact) mass is 515 g/mol. The minimum absolute atomic E-state index is 0. The SMILES string of the molecule is CN=C(NCCOCCS(C)(=O)=O)N(C)CCOc1ccc(OC)cc1.I. The fraction of sp³-hybridized carbons (Fsp3) is 0.588. The molecule has 1 aromatic rings. The lowest BCUT2D eigenvalue weighted by atomic mass is 10.3. The molecule has 1 aromatic carbocycles. The van der Waals surface area contributed by atoms with E-state index in [9.17, 15) is 8.42 Å². The molecule has 0 saturated heterocycles. The van der Waals surface area contributed by atoms with Crippen LogP contribution < -0.4 is 14.8 Å². The molecule has 0 spiro atoms. The molecular weight excluding hydrogens is 485 g/mol. The standard InChI is InChI=1S/C17H29N3O5S.HI/c1-18-17(19-9-11-24-13-14-26(4,21)22)20(2)10-12-25-16-7-5-15(23-3)6-8-16;/h5-8H,9-14H2,1-4H3,(H,18,19);1H. The Labute approximate surface area is 179 Å². The molecule has 0 amide bonds. The largest absolute Gasteiger partial charge is 0.497 e. The summed E-state index contributed by atoms with van der Waals surface area (Å²) in [6.07, 6.45) is 1.19. The van der Waals surface area contributed by atoms with E-state index in [0.29, 0.717) is 26.3 Å². The summed E-state index contributed by atoms with van der Waals surface area (Å²) < 4.78 is 38.1. The molecule has 0 atom stereocenters. The van der Waals surface area contributed by atoms with Crippen LogP contribution in [0.15, 0.2) is 29.3 Å². The third-order valence-electron chi connectivity index (χ3n) is 3.46. The summed E-state index contributed by atoms with van der Waals surface area (Å²) in [5, 5.41) is 3.16. The van der Waals surface area contributed by atoms with Gasteiger partial charge in [0.05, 0.1) is 32.6 Å². The van der Waals surface area contributed by atoms with Crippen molar-refractivity contribution in [2.45, 2.75) is 0 Å². The van der Waals surface area contributed by atoms with E-state index in [2.05, 4.69) is 10.3 Å². The van der Waals surface area contributed by atoms with Crippen molar-refractivity contribution in [3.05, 3.63) is 24.3 Å². The Balaban J connectivity index is 0.00000676. The number of likely N-dealkylation sites (N-methyl/N-ethyl adjacent to an activating group) is 1. The fourth-order valence-corrected chi connectivity index (χ4v) is 2.43. The molecule has 156 valence electrons. The molecule has 0 unspecified atom stereocenters. The molecule has 0 radical (unpaired) electrons. The summed E-state index contributed by atoms with van der Waals surface area (Å²) in [6, 6.07) is 7.42. The molecule has 0 heterocycles. The highest BCUT2D eigenvalue weighted by Gasteiger charge is 2.06. The van der Waals surface area contributed by atoms with Crippen LogP contribution in [0.1, 0.15) is 0 Å². The molecule has 0 fully saturated rings. The van der Waals surface area contributed by atoms with Crippen LogP contribution in [0.2, 0.25) is 0 Å². The number of guanidine groups is 1. The number of rotatable bonds is 11. The number of nitrogens with one attached hydrogen (secondary N) is 1. The van der Waals surface area contributed by atoms with Crippen molar-refractivity contribution in [2.24, 2.45) is 4.99 Å². The van der Waals surface area contributed by atoms with Crippen molar-refractivity contribution < 1.29 is 22.6 Å². The van der Waals surface area contributed by atoms with Gasteiger partial charge in [0.1, 0.15) is 27.9 Å². The van der Waals surface area contributed by atoms with E-state index in [4.69, 9.17) is 14.2 Å². The first kappa shape index (κ1) is 25.7. The van der Waals surface area contributed by atoms with E-state index in [0.717, 1.165) is 17.5 Å². The van der Waals surface area contributed by atoms with Crippen LogP contribution in [0.5, 0.6) is 11.5 Å². The topological polar surface area (TPSA) is 89.5 Å². The Bertz CT molecular complexity index is 653. The number of hydrogen-bond acceptors (Lipinski definition) is 6. The van der Waals surface area contributed by atoms with E-state index in [1.165, 1.54) is 6.26 Å². The predicted octanol–water partition coefficient (Wildman–Crippen LogP) is 1.26. The number of hydrogen-bond donors (Lipinski definition) is 1. The van der Waals surface area contributed by atoms with Crippen LogP contribution in [-0.4, -0.2) is 85.4 Å². The number of aliphatic imine (C=N–C) groups is 1. The molecule has 1 rings (SSSR count). The lowest BCUT2D eigenvalue weighted by molar-refractivity contribution is 0.153. The number of nitrogens with zero attached hydrogens (tertiary/aromatic N) is 2. The lowest BCUT2D eigenvalue weighted by Gasteiger charge is -2.22. The fourth-order valence-electron chi connectivity index (χ4n) is 2.01. The van der Waals surface area contributed by atoms with Crippen molar-refractivity contribution in [1.29, 1.82) is 0 Å². The molecule has 27 heavy (non-hydrogen) atoms. The van der Waals surface area contributed by atoms with E-state index in [1.54, 1.807) is 14.2 Å². The Hall–Kier alpha value is -1.27. The van der Waals surface area contributed by atoms with Crippen LogP contribution in [-0.2, 0) is 14.6 Å². The van der Waals surface area contributed by atoms with Crippen LogP contribution >= 0.6 is 24.0 Å². The van der Waals surface area contributed by atoms with E-state index in [1.807, 2.05) is 36.2 Å². The molecule has 1 N–H and O–H groups in total. The third kappa shape index (κ3) is 11.9. The minimum atomic E-state index is -2.98. The Morgan fingerprint density at radius 1 is 1.15 bits per heavy atom. The lowest BCUT2D eigenvalue weighted by Crippen LogP contribution is -2.42. The first-order valence-electron chi connectivity index (χ1n) is 8.30. The molecular formula is C17H30IN3O5S. The van der Waals surface area contributed by atoms with Crippen LogP contribution in [0, 0.1) is 0 Å². The highest BCUT2D eigenvalue weighted by atomic mass is 127. The van der Waals surface area contributed by atoms with Crippen LogP contribution in [0.4, 0.5) is 0 Å². The second-order valence-electron chi connectivity index (χ2n) is 5.66. The van der Waals surface area contributed by atoms with Crippen molar-refractivity contribution >= 4 is 39.8 Å². The van der Waals surface area contributed by atoms with E-state index in [-0.39, 0.29) is 36.3 Å². The van der Waals surface area contributed by atoms with Crippen LogP contribution in [0.3, 0.4) is 0 Å². The third-order valence-corrected chi connectivity index (χ3v) is 4.36. The molecule has 0 aliphatic carbocycles. The summed E-state index contributed by atoms with van der Waals surface area (Å²) in [5.74, 6) is 2.32. The van der Waals surface area contributed by atoms with Gasteiger partial charge in [0.15, 0.2) is 5.96 Å². The quantitative estimate of drug-likeness (QED) is 0.206. The summed E-state index contributed by atoms with van der Waals surface area (Å²) in [7, 11) is 2.26. The number of benzene rings is 1. The molecule has 0 bridgehead atoms.